The van der Waals surface area contributed by atoms with Crippen molar-refractivity contribution in [3.05, 3.63) is 35.9 Å². The maximum Gasteiger partial charge on any atom is 0.0781 e. The molecule has 0 spiro atoms. The number of hydrogen-bond donors (Lipinski definition) is 1. The van der Waals surface area contributed by atoms with Gasteiger partial charge in [0.1, 0.15) is 0 Å². The van der Waals surface area contributed by atoms with Gasteiger partial charge in [-0.1, -0.05) is 49.5 Å². The van der Waals surface area contributed by atoms with Crippen molar-refractivity contribution in [2.45, 2.75) is 12.2 Å². The normalized spacial score (nSPS) is 12.5. The Hall–Kier alpha value is -0.380. The molecule has 0 aliphatic heterocycles. The zero-order chi connectivity index (χ0) is 9.68. The Bertz CT molecular complexity index is 272. The lowest BCUT2D eigenvalue weighted by molar-refractivity contribution is 0.300. The van der Waals surface area contributed by atoms with Crippen LogP contribution < -0.4 is 0 Å². The van der Waals surface area contributed by atoms with E-state index >= 15 is 0 Å². The third-order valence-corrected chi connectivity index (χ3v) is 3.10. The molecule has 1 nitrogen and oxygen atoms in total. The van der Waals surface area contributed by atoms with Gasteiger partial charge in [-0.15, -0.1) is 11.8 Å². The van der Waals surface area contributed by atoms with Gasteiger partial charge in [0.15, 0.2) is 0 Å². The van der Waals surface area contributed by atoms with Gasteiger partial charge < -0.3 is 5.11 Å². The molecule has 1 aromatic carbocycles. The van der Waals surface area contributed by atoms with E-state index in [9.17, 15) is 0 Å². The highest BCUT2D eigenvalue weighted by molar-refractivity contribution is 8.24. The van der Waals surface area contributed by atoms with Crippen LogP contribution in [0, 0.1) is 0 Å². The first-order chi connectivity index (χ1) is 6.24. The molecular weight excluding hydrogens is 200 g/mol. The Morgan fingerprint density at radius 2 is 2.08 bits per heavy atom. The summed E-state index contributed by atoms with van der Waals surface area (Å²) < 4.78 is 0.849. The van der Waals surface area contributed by atoms with Crippen LogP contribution in [-0.2, 0) is 0 Å². The van der Waals surface area contributed by atoms with Crippen molar-refractivity contribution in [1.82, 2.24) is 0 Å². The van der Waals surface area contributed by atoms with E-state index in [0.29, 0.717) is 0 Å². The first-order valence-corrected chi connectivity index (χ1v) is 5.39. The molecule has 0 saturated carbocycles. The Labute approximate surface area is 88.2 Å². The van der Waals surface area contributed by atoms with Crippen LogP contribution in [0.2, 0.25) is 0 Å². The quantitative estimate of drug-likeness (QED) is 0.777. The molecule has 1 N–H and O–H groups in total. The SMILES string of the molecule is CC(CO)SC(=S)c1ccccc1. The van der Waals surface area contributed by atoms with E-state index in [1.54, 1.807) is 0 Å². The predicted octanol–water partition coefficient (Wildman–Crippen LogP) is 2.48. The predicted molar refractivity (Wildman–Crippen MR) is 62.3 cm³/mol. The smallest absolute Gasteiger partial charge is 0.0781 e. The molecule has 70 valence electrons. The minimum atomic E-state index is 0.164. The lowest BCUT2D eigenvalue weighted by Crippen LogP contribution is -2.06. The molecule has 0 aliphatic carbocycles. The van der Waals surface area contributed by atoms with Gasteiger partial charge in [-0.2, -0.15) is 0 Å². The second-order valence-electron chi connectivity index (χ2n) is 2.76. The van der Waals surface area contributed by atoms with Gasteiger partial charge in [0, 0.05) is 5.25 Å². The Balaban J connectivity index is 2.59. The monoisotopic (exact) mass is 212 g/mol. The maximum atomic E-state index is 8.85. The van der Waals surface area contributed by atoms with E-state index in [4.69, 9.17) is 17.3 Å². The standard InChI is InChI=1S/C10H12OS2/c1-8(7-11)13-10(12)9-5-3-2-4-6-9/h2-6,8,11H,7H2,1H3. The Morgan fingerprint density at radius 1 is 1.46 bits per heavy atom. The first kappa shape index (κ1) is 10.7. The summed E-state index contributed by atoms with van der Waals surface area (Å²) in [5, 5.41) is 9.02. The van der Waals surface area contributed by atoms with E-state index in [1.165, 1.54) is 11.8 Å². The second-order valence-corrected chi connectivity index (χ2v) is 4.88. The van der Waals surface area contributed by atoms with Crippen molar-refractivity contribution in [3.63, 3.8) is 0 Å². The van der Waals surface area contributed by atoms with E-state index < -0.39 is 0 Å². The van der Waals surface area contributed by atoms with Gasteiger partial charge >= 0.3 is 0 Å². The van der Waals surface area contributed by atoms with Crippen LogP contribution in [-0.4, -0.2) is 21.2 Å². The summed E-state index contributed by atoms with van der Waals surface area (Å²) in [5.74, 6) is 0. The summed E-state index contributed by atoms with van der Waals surface area (Å²) in [5.41, 5.74) is 1.06. The fourth-order valence-corrected chi connectivity index (χ4v) is 2.20. The second kappa shape index (κ2) is 5.37. The Morgan fingerprint density at radius 3 is 2.62 bits per heavy atom. The summed E-state index contributed by atoms with van der Waals surface area (Å²) in [6.07, 6.45) is 0. The van der Waals surface area contributed by atoms with Gasteiger partial charge in [-0.05, 0) is 5.56 Å². The molecule has 0 heterocycles. The molecular formula is C10H12OS2. The number of aliphatic hydroxyl groups is 1. The summed E-state index contributed by atoms with van der Waals surface area (Å²) in [6, 6.07) is 9.86. The van der Waals surface area contributed by atoms with Crippen LogP contribution in [0.15, 0.2) is 30.3 Å². The number of thioether (sulfide) groups is 1. The molecule has 3 heteroatoms. The molecule has 1 unspecified atom stereocenters. The van der Waals surface area contributed by atoms with Crippen molar-refractivity contribution >= 4 is 28.2 Å². The topological polar surface area (TPSA) is 20.2 Å². The van der Waals surface area contributed by atoms with Crippen LogP contribution in [0.25, 0.3) is 0 Å². The molecule has 13 heavy (non-hydrogen) atoms. The van der Waals surface area contributed by atoms with E-state index in [-0.39, 0.29) is 11.9 Å². The van der Waals surface area contributed by atoms with Crippen LogP contribution in [0.3, 0.4) is 0 Å². The number of hydrogen-bond acceptors (Lipinski definition) is 3. The van der Waals surface area contributed by atoms with Gasteiger partial charge in [0.25, 0.3) is 0 Å². The highest BCUT2D eigenvalue weighted by Gasteiger charge is 2.06. The van der Waals surface area contributed by atoms with E-state index in [2.05, 4.69) is 0 Å². The molecule has 0 bridgehead atoms. The summed E-state index contributed by atoms with van der Waals surface area (Å²) in [6.45, 7) is 2.12. The minimum Gasteiger partial charge on any atom is -0.395 e. The molecule has 0 aliphatic rings. The molecule has 1 aromatic rings. The highest BCUT2D eigenvalue weighted by Crippen LogP contribution is 2.18. The summed E-state index contributed by atoms with van der Waals surface area (Å²) in [7, 11) is 0. The molecule has 0 fully saturated rings. The number of aliphatic hydroxyl groups excluding tert-OH is 1. The maximum absolute atomic E-state index is 8.85. The van der Waals surface area contributed by atoms with Crippen LogP contribution in [0.1, 0.15) is 12.5 Å². The zero-order valence-electron chi connectivity index (χ0n) is 7.43. The fourth-order valence-electron chi connectivity index (χ4n) is 0.862. The molecule has 0 radical (unpaired) electrons. The third kappa shape index (κ3) is 3.46. The summed E-state index contributed by atoms with van der Waals surface area (Å²) >= 11 is 6.75. The lowest BCUT2D eigenvalue weighted by Gasteiger charge is -2.08. The lowest BCUT2D eigenvalue weighted by atomic mass is 10.2. The van der Waals surface area contributed by atoms with Crippen LogP contribution in [0.4, 0.5) is 0 Å². The van der Waals surface area contributed by atoms with E-state index in [1.807, 2.05) is 37.3 Å². The highest BCUT2D eigenvalue weighted by atomic mass is 32.2. The third-order valence-electron chi connectivity index (χ3n) is 1.57. The average Bonchev–Trinajstić information content (AvgIpc) is 2.19. The largest absolute Gasteiger partial charge is 0.395 e. The number of thiocarbonyl (C=S) groups is 1. The number of benzene rings is 1. The van der Waals surface area contributed by atoms with Crippen LogP contribution >= 0.6 is 24.0 Å². The summed E-state index contributed by atoms with van der Waals surface area (Å²) in [4.78, 5) is 0. The van der Waals surface area contributed by atoms with Crippen molar-refractivity contribution in [2.24, 2.45) is 0 Å². The van der Waals surface area contributed by atoms with E-state index in [0.717, 1.165) is 9.76 Å². The van der Waals surface area contributed by atoms with Crippen molar-refractivity contribution in [1.29, 1.82) is 0 Å². The molecule has 1 atom stereocenters. The zero-order valence-corrected chi connectivity index (χ0v) is 9.07. The number of rotatable bonds is 3. The van der Waals surface area contributed by atoms with Gasteiger partial charge in [0.2, 0.25) is 0 Å². The molecule has 0 saturated heterocycles. The molecule has 0 amide bonds. The van der Waals surface area contributed by atoms with Gasteiger partial charge in [0.05, 0.1) is 10.8 Å². The van der Waals surface area contributed by atoms with Crippen molar-refractivity contribution in [3.8, 4) is 0 Å². The molecule has 1 rings (SSSR count). The first-order valence-electron chi connectivity index (χ1n) is 4.11. The Kier molecular flexibility index (Phi) is 4.42. The fraction of sp³-hybridized carbons (Fsp3) is 0.300. The molecule has 0 aromatic heterocycles. The van der Waals surface area contributed by atoms with Crippen LogP contribution in [0.5, 0.6) is 0 Å². The van der Waals surface area contributed by atoms with Crippen molar-refractivity contribution in [2.75, 3.05) is 6.61 Å². The minimum absolute atomic E-state index is 0.164. The van der Waals surface area contributed by atoms with Gasteiger partial charge in [-0.3, -0.25) is 0 Å². The van der Waals surface area contributed by atoms with Gasteiger partial charge in [-0.25, -0.2) is 0 Å². The van der Waals surface area contributed by atoms with Crippen molar-refractivity contribution < 1.29 is 5.11 Å². The average molecular weight is 212 g/mol.